The second-order valence-corrected chi connectivity index (χ2v) is 3.04. The Bertz CT molecular complexity index is 324. The van der Waals surface area contributed by atoms with E-state index >= 15 is 0 Å². The molecule has 0 fully saturated rings. The van der Waals surface area contributed by atoms with Gasteiger partial charge in [-0.15, -0.1) is 0 Å². The molecule has 0 bridgehead atoms. The van der Waals surface area contributed by atoms with Gasteiger partial charge in [-0.2, -0.15) is 5.26 Å². The van der Waals surface area contributed by atoms with Gasteiger partial charge in [-0.05, 0) is 18.4 Å². The molecule has 0 aliphatic rings. The number of rotatable bonds is 4. The average Bonchev–Trinajstić information content (AvgIpc) is 2.25. The Morgan fingerprint density at radius 3 is 2.71 bits per heavy atom. The van der Waals surface area contributed by atoms with Gasteiger partial charge in [0.2, 0.25) is 0 Å². The van der Waals surface area contributed by atoms with Crippen molar-refractivity contribution in [3.8, 4) is 6.07 Å². The van der Waals surface area contributed by atoms with E-state index in [-0.39, 0.29) is 0 Å². The molecule has 1 N–H and O–H groups in total. The maximum Gasteiger partial charge on any atom is 0.0908 e. The number of aliphatic hydroxyl groups is 1. The van der Waals surface area contributed by atoms with Crippen LogP contribution in [0, 0.1) is 11.3 Å². The molecule has 1 aromatic rings. The van der Waals surface area contributed by atoms with Crippen LogP contribution in [0.4, 0.5) is 0 Å². The first-order valence-corrected chi connectivity index (χ1v) is 4.62. The van der Waals surface area contributed by atoms with Crippen LogP contribution in [-0.4, -0.2) is 5.11 Å². The standard InChI is InChI=1S/C12H13NO/c13-10-6-2-5-9-12(14)11-7-3-1-4-8-11/h1-4,6-8,12,14H,5,9H2/b6-2-. The minimum absolute atomic E-state index is 0.431. The summed E-state index contributed by atoms with van der Waals surface area (Å²) >= 11 is 0. The number of nitriles is 1. The number of benzene rings is 1. The molecular formula is C12H13NO. The maximum atomic E-state index is 9.70. The van der Waals surface area contributed by atoms with E-state index in [1.165, 1.54) is 6.08 Å². The molecule has 1 aromatic carbocycles. The Labute approximate surface area is 84.1 Å². The third-order valence-electron chi connectivity index (χ3n) is 1.98. The highest BCUT2D eigenvalue weighted by atomic mass is 16.3. The smallest absolute Gasteiger partial charge is 0.0908 e. The SMILES string of the molecule is N#C/C=C\CCC(O)c1ccccc1. The predicted octanol–water partition coefficient (Wildman–Crippen LogP) is 2.58. The molecule has 72 valence electrons. The van der Waals surface area contributed by atoms with Crippen molar-refractivity contribution < 1.29 is 5.11 Å². The topological polar surface area (TPSA) is 44.0 Å². The van der Waals surface area contributed by atoms with Gasteiger partial charge in [-0.25, -0.2) is 0 Å². The van der Waals surface area contributed by atoms with Crippen molar-refractivity contribution in [2.45, 2.75) is 18.9 Å². The summed E-state index contributed by atoms with van der Waals surface area (Å²) in [5, 5.41) is 18.0. The highest BCUT2D eigenvalue weighted by molar-refractivity contribution is 5.17. The van der Waals surface area contributed by atoms with Gasteiger partial charge in [0.25, 0.3) is 0 Å². The fraction of sp³-hybridized carbons (Fsp3) is 0.250. The molecule has 0 amide bonds. The quantitative estimate of drug-likeness (QED) is 0.736. The van der Waals surface area contributed by atoms with Crippen LogP contribution < -0.4 is 0 Å². The van der Waals surface area contributed by atoms with Crippen molar-refractivity contribution in [2.24, 2.45) is 0 Å². The van der Waals surface area contributed by atoms with Crippen LogP contribution in [0.25, 0.3) is 0 Å². The first-order chi connectivity index (χ1) is 6.84. The second kappa shape index (κ2) is 5.95. The van der Waals surface area contributed by atoms with Gasteiger partial charge in [0.1, 0.15) is 0 Å². The fourth-order valence-corrected chi connectivity index (χ4v) is 1.23. The number of hydrogen-bond donors (Lipinski definition) is 1. The van der Waals surface area contributed by atoms with E-state index in [2.05, 4.69) is 0 Å². The Morgan fingerprint density at radius 1 is 1.36 bits per heavy atom. The molecule has 0 aromatic heterocycles. The van der Waals surface area contributed by atoms with Gasteiger partial charge in [0, 0.05) is 6.08 Å². The van der Waals surface area contributed by atoms with Gasteiger partial charge in [-0.1, -0.05) is 36.4 Å². The summed E-state index contributed by atoms with van der Waals surface area (Å²) in [7, 11) is 0. The fourth-order valence-electron chi connectivity index (χ4n) is 1.23. The number of aliphatic hydroxyl groups excluding tert-OH is 1. The average molecular weight is 187 g/mol. The highest BCUT2D eigenvalue weighted by Gasteiger charge is 2.04. The Balaban J connectivity index is 2.40. The van der Waals surface area contributed by atoms with E-state index in [1.807, 2.05) is 36.4 Å². The zero-order valence-electron chi connectivity index (χ0n) is 7.93. The molecule has 14 heavy (non-hydrogen) atoms. The number of allylic oxidation sites excluding steroid dienone is 2. The van der Waals surface area contributed by atoms with E-state index < -0.39 is 6.10 Å². The molecule has 0 radical (unpaired) electrons. The lowest BCUT2D eigenvalue weighted by Crippen LogP contribution is -1.95. The van der Waals surface area contributed by atoms with E-state index in [4.69, 9.17) is 5.26 Å². The third-order valence-corrected chi connectivity index (χ3v) is 1.98. The lowest BCUT2D eigenvalue weighted by atomic mass is 10.1. The minimum Gasteiger partial charge on any atom is -0.388 e. The van der Waals surface area contributed by atoms with Crippen molar-refractivity contribution in [1.29, 1.82) is 5.26 Å². The van der Waals surface area contributed by atoms with E-state index in [1.54, 1.807) is 6.08 Å². The summed E-state index contributed by atoms with van der Waals surface area (Å²) in [5.41, 5.74) is 0.929. The van der Waals surface area contributed by atoms with Crippen LogP contribution in [-0.2, 0) is 0 Å². The van der Waals surface area contributed by atoms with Gasteiger partial charge in [0.05, 0.1) is 12.2 Å². The molecule has 2 nitrogen and oxygen atoms in total. The molecule has 0 aliphatic carbocycles. The summed E-state index contributed by atoms with van der Waals surface area (Å²) < 4.78 is 0. The molecule has 1 rings (SSSR count). The molecule has 0 aliphatic heterocycles. The van der Waals surface area contributed by atoms with Crippen molar-refractivity contribution in [2.75, 3.05) is 0 Å². The zero-order chi connectivity index (χ0) is 10.2. The van der Waals surface area contributed by atoms with E-state index in [0.29, 0.717) is 6.42 Å². The molecule has 0 heterocycles. The minimum atomic E-state index is -0.431. The molecule has 0 spiro atoms. The largest absolute Gasteiger partial charge is 0.388 e. The van der Waals surface area contributed by atoms with Gasteiger partial charge < -0.3 is 5.11 Å². The highest BCUT2D eigenvalue weighted by Crippen LogP contribution is 2.17. The molecule has 0 saturated heterocycles. The molecule has 1 unspecified atom stereocenters. The van der Waals surface area contributed by atoms with Crippen molar-refractivity contribution in [3.05, 3.63) is 48.0 Å². The summed E-state index contributed by atoms with van der Waals surface area (Å²) in [6.45, 7) is 0. The molecule has 0 saturated carbocycles. The molecule has 2 heteroatoms. The van der Waals surface area contributed by atoms with Crippen molar-refractivity contribution in [1.82, 2.24) is 0 Å². The monoisotopic (exact) mass is 187 g/mol. The van der Waals surface area contributed by atoms with Crippen LogP contribution in [0.3, 0.4) is 0 Å². The van der Waals surface area contributed by atoms with E-state index in [9.17, 15) is 5.11 Å². The van der Waals surface area contributed by atoms with Gasteiger partial charge in [-0.3, -0.25) is 0 Å². The molecular weight excluding hydrogens is 174 g/mol. The van der Waals surface area contributed by atoms with Gasteiger partial charge in [0.15, 0.2) is 0 Å². The maximum absolute atomic E-state index is 9.70. The summed E-state index contributed by atoms with van der Waals surface area (Å²) in [4.78, 5) is 0. The normalized spacial score (nSPS) is 12.6. The second-order valence-electron chi connectivity index (χ2n) is 3.04. The summed E-state index contributed by atoms with van der Waals surface area (Å²) in [5.74, 6) is 0. The van der Waals surface area contributed by atoms with Crippen LogP contribution in [0.5, 0.6) is 0 Å². The van der Waals surface area contributed by atoms with Crippen molar-refractivity contribution >= 4 is 0 Å². The first kappa shape index (κ1) is 10.5. The van der Waals surface area contributed by atoms with Crippen LogP contribution in [0.15, 0.2) is 42.5 Å². The molecule has 1 atom stereocenters. The Morgan fingerprint density at radius 2 is 2.07 bits per heavy atom. The van der Waals surface area contributed by atoms with E-state index in [0.717, 1.165) is 12.0 Å². The van der Waals surface area contributed by atoms with Crippen molar-refractivity contribution in [3.63, 3.8) is 0 Å². The lowest BCUT2D eigenvalue weighted by Gasteiger charge is -2.08. The number of hydrogen-bond acceptors (Lipinski definition) is 2. The van der Waals surface area contributed by atoms with Crippen LogP contribution >= 0.6 is 0 Å². The Kier molecular flexibility index (Phi) is 4.46. The summed E-state index contributed by atoms with van der Waals surface area (Å²) in [6, 6.07) is 11.5. The first-order valence-electron chi connectivity index (χ1n) is 4.62. The van der Waals surface area contributed by atoms with Crippen LogP contribution in [0.2, 0.25) is 0 Å². The third kappa shape index (κ3) is 3.42. The van der Waals surface area contributed by atoms with Gasteiger partial charge >= 0.3 is 0 Å². The Hall–Kier alpha value is -1.59. The zero-order valence-corrected chi connectivity index (χ0v) is 7.93. The summed E-state index contributed by atoms with van der Waals surface area (Å²) in [6.07, 6.45) is 4.16. The lowest BCUT2D eigenvalue weighted by molar-refractivity contribution is 0.169. The number of nitrogens with zero attached hydrogens (tertiary/aromatic N) is 1. The van der Waals surface area contributed by atoms with Crippen LogP contribution in [0.1, 0.15) is 24.5 Å². The predicted molar refractivity (Wildman–Crippen MR) is 55.4 cm³/mol.